The Kier molecular flexibility index (Phi) is 6.87. The van der Waals surface area contributed by atoms with Crippen LogP contribution in [-0.4, -0.2) is 65.4 Å². The maximum Gasteiger partial charge on any atom is 0.161 e. The zero-order valence-electron chi connectivity index (χ0n) is 17.2. The van der Waals surface area contributed by atoms with Crippen molar-refractivity contribution in [2.24, 2.45) is 5.92 Å². The van der Waals surface area contributed by atoms with Gasteiger partial charge in [0.05, 0.1) is 18.1 Å². The van der Waals surface area contributed by atoms with E-state index in [4.69, 9.17) is 16.3 Å². The molecule has 3 aromatic rings. The number of fused-ring (bicyclic) bond motifs is 1. The average Bonchev–Trinajstić information content (AvgIpc) is 3.13. The van der Waals surface area contributed by atoms with Crippen LogP contribution in [0.25, 0.3) is 11.0 Å². The molecule has 160 valence electrons. The number of piperidine rings is 1. The summed E-state index contributed by atoms with van der Waals surface area (Å²) in [5.74, 6) is 1.37. The molecule has 1 aromatic carbocycles. The minimum atomic E-state index is 0.0652. The Morgan fingerprint density at radius 2 is 1.97 bits per heavy atom. The molecular weight excluding hydrogens is 468 g/mol. The van der Waals surface area contributed by atoms with Gasteiger partial charge in [0, 0.05) is 24.7 Å². The molecule has 0 unspecified atom stereocenters. The number of halogens is 2. The molecule has 1 N–H and O–H groups in total. The zero-order valence-corrected chi connectivity index (χ0v) is 19.5. The number of nitrogens with zero attached hydrogens (tertiary/aromatic N) is 5. The van der Waals surface area contributed by atoms with Crippen molar-refractivity contribution in [3.8, 4) is 0 Å². The van der Waals surface area contributed by atoms with Crippen LogP contribution < -0.4 is 4.90 Å². The Labute approximate surface area is 189 Å². The van der Waals surface area contributed by atoms with E-state index in [0.717, 1.165) is 59.0 Å². The lowest BCUT2D eigenvalue weighted by molar-refractivity contribution is -0.00305. The van der Waals surface area contributed by atoms with Gasteiger partial charge in [0.1, 0.15) is 16.7 Å². The highest BCUT2D eigenvalue weighted by molar-refractivity contribution is 9.10. The van der Waals surface area contributed by atoms with Gasteiger partial charge in [0.2, 0.25) is 0 Å². The van der Waals surface area contributed by atoms with Crippen LogP contribution in [0.1, 0.15) is 24.5 Å². The standard InChI is InChI=1S/C21H26BrClN6O/c1-28(2)11-12-30-18(14-3-5-16(23)6-4-14)15-7-9-29(10-8-15)21-17-19(22)26-27-20(17)24-13-25-21/h3-6,13,15,18H,7-12H2,1-2H3,(H,24,25,26,27)/t18-/m1/s1. The van der Waals surface area contributed by atoms with Crippen molar-refractivity contribution in [2.75, 3.05) is 45.2 Å². The predicted octanol–water partition coefficient (Wildman–Crippen LogP) is 4.30. The molecule has 1 atom stereocenters. The van der Waals surface area contributed by atoms with Crippen LogP contribution in [0.4, 0.5) is 5.82 Å². The molecule has 0 amide bonds. The predicted molar refractivity (Wildman–Crippen MR) is 123 cm³/mol. The van der Waals surface area contributed by atoms with Gasteiger partial charge in [-0.25, -0.2) is 9.97 Å². The van der Waals surface area contributed by atoms with Crippen molar-refractivity contribution in [1.82, 2.24) is 25.1 Å². The van der Waals surface area contributed by atoms with E-state index >= 15 is 0 Å². The van der Waals surface area contributed by atoms with Gasteiger partial charge in [0.25, 0.3) is 0 Å². The minimum Gasteiger partial charge on any atom is -0.372 e. The molecule has 1 fully saturated rings. The molecule has 0 bridgehead atoms. The first-order chi connectivity index (χ1) is 14.5. The Morgan fingerprint density at radius 1 is 1.23 bits per heavy atom. The van der Waals surface area contributed by atoms with Crippen molar-refractivity contribution in [1.29, 1.82) is 0 Å². The number of likely N-dealkylation sites (N-methyl/N-ethyl adjacent to an activating group) is 1. The maximum absolute atomic E-state index is 6.38. The molecule has 7 nitrogen and oxygen atoms in total. The summed E-state index contributed by atoms with van der Waals surface area (Å²) in [7, 11) is 4.13. The van der Waals surface area contributed by atoms with E-state index in [1.165, 1.54) is 5.56 Å². The Morgan fingerprint density at radius 3 is 2.67 bits per heavy atom. The molecule has 0 saturated carbocycles. The quantitative estimate of drug-likeness (QED) is 0.529. The summed E-state index contributed by atoms with van der Waals surface area (Å²) in [6, 6.07) is 8.07. The number of H-pyrrole nitrogens is 1. The van der Waals surface area contributed by atoms with E-state index in [2.05, 4.69) is 72.1 Å². The molecule has 1 aliphatic rings. The lowest BCUT2D eigenvalue weighted by Crippen LogP contribution is -2.37. The molecule has 30 heavy (non-hydrogen) atoms. The number of ether oxygens (including phenoxy) is 1. The van der Waals surface area contributed by atoms with Crippen LogP contribution in [0.15, 0.2) is 35.2 Å². The van der Waals surface area contributed by atoms with Crippen LogP contribution in [-0.2, 0) is 4.74 Å². The van der Waals surface area contributed by atoms with E-state index in [9.17, 15) is 0 Å². The van der Waals surface area contributed by atoms with Crippen LogP contribution in [0.3, 0.4) is 0 Å². The molecule has 0 aliphatic carbocycles. The number of rotatable bonds is 7. The molecular formula is C21H26BrClN6O. The summed E-state index contributed by atoms with van der Waals surface area (Å²) in [6.07, 6.45) is 3.71. The number of nitrogens with one attached hydrogen (secondary N) is 1. The van der Waals surface area contributed by atoms with Crippen molar-refractivity contribution >= 4 is 44.4 Å². The molecule has 4 rings (SSSR count). The average molecular weight is 494 g/mol. The minimum absolute atomic E-state index is 0.0652. The van der Waals surface area contributed by atoms with Gasteiger partial charge in [0.15, 0.2) is 5.65 Å². The summed E-state index contributed by atoms with van der Waals surface area (Å²) in [4.78, 5) is 13.3. The summed E-state index contributed by atoms with van der Waals surface area (Å²) in [6.45, 7) is 3.43. The summed E-state index contributed by atoms with van der Waals surface area (Å²) in [5.41, 5.74) is 1.94. The zero-order chi connectivity index (χ0) is 21.1. The number of aromatic amines is 1. The second-order valence-corrected chi connectivity index (χ2v) is 9.09. The van der Waals surface area contributed by atoms with Crippen molar-refractivity contribution in [3.63, 3.8) is 0 Å². The normalized spacial score (nSPS) is 16.5. The molecule has 9 heteroatoms. The lowest BCUT2D eigenvalue weighted by atomic mass is 9.87. The summed E-state index contributed by atoms with van der Waals surface area (Å²) in [5, 5.41) is 8.85. The first-order valence-corrected chi connectivity index (χ1v) is 11.3. The largest absolute Gasteiger partial charge is 0.372 e. The second-order valence-electron chi connectivity index (χ2n) is 7.91. The maximum atomic E-state index is 6.38. The van der Waals surface area contributed by atoms with Crippen molar-refractivity contribution in [3.05, 3.63) is 45.8 Å². The van der Waals surface area contributed by atoms with Gasteiger partial charge in [-0.2, -0.15) is 5.10 Å². The Hall–Kier alpha value is -1.74. The monoisotopic (exact) mass is 492 g/mol. The smallest absolute Gasteiger partial charge is 0.161 e. The SMILES string of the molecule is CN(C)CCO[C@H](c1ccc(Cl)cc1)C1CCN(c2ncnc3[nH]nc(Br)c23)CC1. The van der Waals surface area contributed by atoms with Gasteiger partial charge < -0.3 is 14.5 Å². The van der Waals surface area contributed by atoms with Gasteiger partial charge in [-0.15, -0.1) is 0 Å². The fraction of sp³-hybridized carbons (Fsp3) is 0.476. The third kappa shape index (κ3) is 4.77. The fourth-order valence-corrected chi connectivity index (χ4v) is 4.56. The van der Waals surface area contributed by atoms with Crippen molar-refractivity contribution < 1.29 is 4.74 Å². The third-order valence-electron chi connectivity index (χ3n) is 5.60. The van der Waals surface area contributed by atoms with E-state index in [1.807, 2.05) is 12.1 Å². The third-order valence-corrected chi connectivity index (χ3v) is 6.42. The number of benzene rings is 1. The Bertz CT molecular complexity index is 971. The van der Waals surface area contributed by atoms with Gasteiger partial charge in [-0.3, -0.25) is 5.10 Å². The molecule has 2 aromatic heterocycles. The highest BCUT2D eigenvalue weighted by atomic mass is 79.9. The highest BCUT2D eigenvalue weighted by Crippen LogP contribution is 2.37. The van der Waals surface area contributed by atoms with E-state index in [0.29, 0.717) is 12.5 Å². The topological polar surface area (TPSA) is 70.2 Å². The molecule has 3 heterocycles. The van der Waals surface area contributed by atoms with Gasteiger partial charge >= 0.3 is 0 Å². The molecule has 1 saturated heterocycles. The van der Waals surface area contributed by atoms with Crippen molar-refractivity contribution in [2.45, 2.75) is 18.9 Å². The first-order valence-electron chi connectivity index (χ1n) is 10.1. The van der Waals surface area contributed by atoms with Crippen LogP contribution in [0.5, 0.6) is 0 Å². The van der Waals surface area contributed by atoms with Crippen LogP contribution in [0, 0.1) is 5.92 Å². The van der Waals surface area contributed by atoms with Crippen LogP contribution >= 0.6 is 27.5 Å². The van der Waals surface area contributed by atoms with E-state index < -0.39 is 0 Å². The van der Waals surface area contributed by atoms with Gasteiger partial charge in [-0.05, 0) is 66.5 Å². The molecule has 0 spiro atoms. The number of hydrogen-bond acceptors (Lipinski definition) is 6. The van der Waals surface area contributed by atoms with E-state index in [1.54, 1.807) is 6.33 Å². The fourth-order valence-electron chi connectivity index (χ4n) is 3.98. The molecule has 0 radical (unpaired) electrons. The lowest BCUT2D eigenvalue weighted by Gasteiger charge is -2.37. The highest BCUT2D eigenvalue weighted by Gasteiger charge is 2.30. The number of aromatic nitrogens is 4. The summed E-state index contributed by atoms with van der Waals surface area (Å²) < 4.78 is 7.14. The summed E-state index contributed by atoms with van der Waals surface area (Å²) >= 11 is 9.62. The number of hydrogen-bond donors (Lipinski definition) is 1. The first kappa shape index (κ1) is 21.5. The van der Waals surface area contributed by atoms with Crippen LogP contribution in [0.2, 0.25) is 5.02 Å². The Balaban J connectivity index is 1.49. The molecule has 1 aliphatic heterocycles. The number of anilines is 1. The van der Waals surface area contributed by atoms with Gasteiger partial charge in [-0.1, -0.05) is 23.7 Å². The second kappa shape index (κ2) is 9.60. The van der Waals surface area contributed by atoms with E-state index in [-0.39, 0.29) is 6.10 Å².